The van der Waals surface area contributed by atoms with Crippen LogP contribution in [0.5, 0.6) is 5.75 Å². The van der Waals surface area contributed by atoms with Crippen molar-refractivity contribution < 1.29 is 6.11 Å². The Hall–Kier alpha value is -1.97. The van der Waals surface area contributed by atoms with Gasteiger partial charge < -0.3 is 9.64 Å². The van der Waals surface area contributed by atoms with Gasteiger partial charge in [0.2, 0.25) is 0 Å². The van der Waals surface area contributed by atoms with Crippen LogP contribution in [-0.4, -0.2) is 29.5 Å². The number of anilines is 1. The molecule has 0 saturated heterocycles. The number of rotatable bonds is 2. The number of methoxy groups -OCH3 is 1. The zero-order chi connectivity index (χ0) is 15.1. The number of ether oxygens (including phenoxy) is 1. The second kappa shape index (κ2) is 4.85. The van der Waals surface area contributed by atoms with Crippen LogP contribution >= 0.6 is 0 Å². The van der Waals surface area contributed by atoms with Crippen LogP contribution in [0.3, 0.4) is 0 Å². The summed E-state index contributed by atoms with van der Waals surface area (Å²) < 4.78 is 15.4. The third-order valence-electron chi connectivity index (χ3n) is 4.00. The van der Waals surface area contributed by atoms with Crippen LogP contribution in [0.4, 0.5) is 5.69 Å². The summed E-state index contributed by atoms with van der Waals surface area (Å²) >= 11 is 0. The van der Waals surface area contributed by atoms with Gasteiger partial charge in [-0.1, -0.05) is 0 Å². The zero-order valence-electron chi connectivity index (χ0n) is 13.5. The van der Waals surface area contributed by atoms with Crippen LogP contribution in [0.15, 0.2) is 24.4 Å². The molecule has 1 aromatic carbocycles. The van der Waals surface area contributed by atoms with E-state index in [-0.39, 0.29) is 0 Å². The summed E-state index contributed by atoms with van der Waals surface area (Å²) in [6, 6.07) is 4.69. The number of benzene rings is 1. The molecular weight excluding hydrogens is 250 g/mol. The van der Waals surface area contributed by atoms with Crippen LogP contribution in [-0.2, 0) is 13.5 Å². The van der Waals surface area contributed by atoms with E-state index in [0.29, 0.717) is 17.8 Å². The van der Waals surface area contributed by atoms with Gasteiger partial charge in [0.05, 0.1) is 14.7 Å². The fraction of sp³-hybridized carbons (Fsp3) is 0.438. The summed E-state index contributed by atoms with van der Waals surface area (Å²) in [5, 5.41) is 4.39. The highest BCUT2D eigenvalue weighted by Crippen LogP contribution is 2.39. The van der Waals surface area contributed by atoms with E-state index in [1.54, 1.807) is 7.11 Å². The van der Waals surface area contributed by atoms with E-state index < -0.39 is 0 Å². The van der Waals surface area contributed by atoms with Crippen molar-refractivity contribution in [2.45, 2.75) is 26.3 Å². The molecule has 0 fully saturated rings. The highest BCUT2D eigenvalue weighted by molar-refractivity contribution is 5.82. The second-order valence-corrected chi connectivity index (χ2v) is 5.47. The Balaban J connectivity index is 2.26. The lowest BCUT2D eigenvalue weighted by Gasteiger charge is -2.29. The van der Waals surface area contributed by atoms with Gasteiger partial charge in [-0.15, -0.1) is 0 Å². The molecule has 1 aliphatic rings. The van der Waals surface area contributed by atoms with Crippen molar-refractivity contribution in [2.24, 2.45) is 7.05 Å². The van der Waals surface area contributed by atoms with Crippen LogP contribution < -0.4 is 9.64 Å². The molecule has 0 N–H and O–H groups in total. The smallest absolute Gasteiger partial charge is 0.120 e. The van der Waals surface area contributed by atoms with Crippen LogP contribution in [0, 0.1) is 0 Å². The van der Waals surface area contributed by atoms with Gasteiger partial charge in [0.15, 0.2) is 0 Å². The van der Waals surface area contributed by atoms with Crippen molar-refractivity contribution in [1.29, 1.82) is 0 Å². The number of aryl methyl sites for hydroxylation is 1. The highest BCUT2D eigenvalue weighted by Gasteiger charge is 2.24. The lowest BCUT2D eigenvalue weighted by atomic mass is 10.0. The van der Waals surface area contributed by atoms with Gasteiger partial charge in [0.1, 0.15) is 5.75 Å². The summed E-state index contributed by atoms with van der Waals surface area (Å²) in [6.45, 7) is 5.33. The van der Waals surface area contributed by atoms with Crippen molar-refractivity contribution in [3.8, 4) is 16.9 Å². The van der Waals surface area contributed by atoms with Gasteiger partial charge in [-0.2, -0.15) is 5.10 Å². The van der Waals surface area contributed by atoms with Gasteiger partial charge in [0.25, 0.3) is 0 Å². The molecular formula is C16H21N3O. The van der Waals surface area contributed by atoms with Crippen molar-refractivity contribution in [2.75, 3.05) is 18.6 Å². The molecule has 20 heavy (non-hydrogen) atoms. The van der Waals surface area contributed by atoms with E-state index in [9.17, 15) is 0 Å². The molecule has 0 amide bonds. The third kappa shape index (κ3) is 1.96. The molecule has 0 aliphatic carbocycles. The van der Waals surface area contributed by atoms with Gasteiger partial charge >= 0.3 is 0 Å². The lowest BCUT2D eigenvalue weighted by Crippen LogP contribution is -2.32. The van der Waals surface area contributed by atoms with Crippen LogP contribution in [0.25, 0.3) is 11.1 Å². The number of hydrogen-bond donors (Lipinski definition) is 0. The molecule has 1 aromatic heterocycles. The average molecular weight is 272 g/mol. The number of nitrogens with zero attached hydrogens (tertiary/aromatic N) is 3. The van der Waals surface area contributed by atoms with Gasteiger partial charge in [-0.3, -0.25) is 4.68 Å². The van der Waals surface area contributed by atoms with Crippen LogP contribution in [0.1, 0.15) is 20.9 Å². The normalized spacial score (nSPS) is 14.7. The highest BCUT2D eigenvalue weighted by atomic mass is 16.5. The second-order valence-electron chi connectivity index (χ2n) is 5.47. The largest absolute Gasteiger partial charge is 0.497 e. The average Bonchev–Trinajstić information content (AvgIpc) is 2.72. The fourth-order valence-corrected chi connectivity index (χ4v) is 2.90. The first kappa shape index (κ1) is 11.8. The summed E-state index contributed by atoms with van der Waals surface area (Å²) in [5.41, 5.74) is 4.57. The Morgan fingerprint density at radius 2 is 2.20 bits per heavy atom. The Kier molecular flexibility index (Phi) is 2.87. The monoisotopic (exact) mass is 272 g/mol. The maximum atomic E-state index is 8.13. The quantitative estimate of drug-likeness (QED) is 0.842. The summed E-state index contributed by atoms with van der Waals surface area (Å²) in [6.07, 6.45) is 2.86. The van der Waals surface area contributed by atoms with E-state index >= 15 is 0 Å². The number of aromatic nitrogens is 2. The molecule has 4 heteroatoms. The molecule has 0 radical (unpaired) electrons. The van der Waals surface area contributed by atoms with E-state index in [1.807, 2.05) is 30.1 Å². The number of hydrogen-bond acceptors (Lipinski definition) is 3. The first-order chi connectivity index (χ1) is 10.0. The zero-order valence-corrected chi connectivity index (χ0v) is 12.5. The molecule has 4 nitrogen and oxygen atoms in total. The molecule has 0 bridgehead atoms. The van der Waals surface area contributed by atoms with Crippen molar-refractivity contribution in [3.05, 3.63) is 30.1 Å². The van der Waals surface area contributed by atoms with Crippen LogP contribution in [0.2, 0.25) is 0 Å². The lowest BCUT2D eigenvalue weighted by molar-refractivity contribution is 0.414. The Bertz CT molecular complexity index is 678. The Labute approximate surface area is 121 Å². The minimum atomic E-state index is 0.396. The number of fused-ring (bicyclic) bond motifs is 3. The molecule has 0 saturated carbocycles. The summed E-state index contributed by atoms with van der Waals surface area (Å²) in [7, 11) is 3.60. The Morgan fingerprint density at radius 3 is 2.90 bits per heavy atom. The van der Waals surface area contributed by atoms with Crippen molar-refractivity contribution >= 4 is 5.69 Å². The molecule has 1 aliphatic heterocycles. The maximum absolute atomic E-state index is 8.13. The first-order valence-corrected chi connectivity index (χ1v) is 6.99. The van der Waals surface area contributed by atoms with E-state index in [1.165, 1.54) is 5.69 Å². The van der Waals surface area contributed by atoms with E-state index in [0.717, 1.165) is 29.8 Å². The Morgan fingerprint density at radius 1 is 1.40 bits per heavy atom. The molecule has 3 rings (SSSR count). The fourth-order valence-electron chi connectivity index (χ4n) is 2.90. The standard InChI is InChI=1S/C16H21N3O/c1-11(2)19-8-7-15-14(10-17-18(15)3)13-6-5-12(20-4)9-16(13)19/h5-6,9-11H,7-8H2,1-4H3/i5D. The van der Waals surface area contributed by atoms with Crippen molar-refractivity contribution in [3.63, 3.8) is 0 Å². The van der Waals surface area contributed by atoms with Gasteiger partial charge in [-0.25, -0.2) is 0 Å². The first-order valence-electron chi connectivity index (χ1n) is 7.49. The predicted octanol–water partition coefficient (Wildman–Crippen LogP) is 2.87. The molecule has 2 aromatic rings. The maximum Gasteiger partial charge on any atom is 0.120 e. The van der Waals surface area contributed by atoms with Crippen molar-refractivity contribution in [1.82, 2.24) is 9.78 Å². The molecule has 0 unspecified atom stereocenters. The molecule has 0 atom stereocenters. The molecule has 0 spiro atoms. The minimum absolute atomic E-state index is 0.396. The summed E-state index contributed by atoms with van der Waals surface area (Å²) in [5.74, 6) is 0.617. The third-order valence-corrected chi connectivity index (χ3v) is 4.00. The molecule has 2 heterocycles. The van der Waals surface area contributed by atoms with E-state index in [2.05, 4.69) is 23.8 Å². The van der Waals surface area contributed by atoms with E-state index in [4.69, 9.17) is 6.11 Å². The van der Waals surface area contributed by atoms with Gasteiger partial charge in [-0.05, 0) is 26.0 Å². The minimum Gasteiger partial charge on any atom is -0.497 e. The SMILES string of the molecule is [2H]c1cc2c(cc1OC)N(C(C)C)CCc1c-2cnn1C. The predicted molar refractivity (Wildman–Crippen MR) is 81.4 cm³/mol. The topological polar surface area (TPSA) is 30.3 Å². The summed E-state index contributed by atoms with van der Waals surface area (Å²) in [4.78, 5) is 2.37. The molecule has 106 valence electrons. The van der Waals surface area contributed by atoms with Gasteiger partial charge in [0, 0.05) is 54.6 Å².